The Morgan fingerprint density at radius 1 is 1.43 bits per heavy atom. The molecule has 2 unspecified atom stereocenters. The second-order valence-corrected chi connectivity index (χ2v) is 6.68. The Labute approximate surface area is 137 Å². The molecule has 0 bridgehead atoms. The summed E-state index contributed by atoms with van der Waals surface area (Å²) in [4.78, 5) is 18.0. The maximum Gasteiger partial charge on any atom is 0.317 e. The van der Waals surface area contributed by atoms with E-state index < -0.39 is 0 Å². The van der Waals surface area contributed by atoms with E-state index in [1.165, 1.54) is 0 Å². The van der Waals surface area contributed by atoms with E-state index in [-0.39, 0.29) is 24.0 Å². The number of carbonyl (C=O) groups excluding carboxylic acids is 1. The first-order valence-corrected chi connectivity index (χ1v) is 8.47. The van der Waals surface area contributed by atoms with Gasteiger partial charge in [-0.25, -0.2) is 4.79 Å². The zero-order valence-corrected chi connectivity index (χ0v) is 14.3. The Bertz CT molecular complexity index is 503. The molecule has 2 N–H and O–H groups in total. The summed E-state index contributed by atoms with van der Waals surface area (Å²) in [6.45, 7) is 5.05. The van der Waals surface area contributed by atoms with Crippen LogP contribution in [0.15, 0.2) is 4.52 Å². The lowest BCUT2D eigenvalue weighted by molar-refractivity contribution is 0.0565. The number of nitrogens with zero attached hydrogens (tertiary/aromatic N) is 3. The molecule has 1 aromatic heterocycles. The van der Waals surface area contributed by atoms with E-state index in [1.54, 1.807) is 11.9 Å². The Morgan fingerprint density at radius 3 is 2.83 bits per heavy atom. The number of nitrogens with one attached hydrogen (secondary N) is 1. The van der Waals surface area contributed by atoms with Gasteiger partial charge in [-0.2, -0.15) is 4.98 Å². The Hall–Kier alpha value is -1.63. The molecule has 130 valence electrons. The molecule has 1 heterocycles. The van der Waals surface area contributed by atoms with Gasteiger partial charge in [-0.15, -0.1) is 0 Å². The first-order valence-electron chi connectivity index (χ1n) is 8.47. The molecule has 23 heavy (non-hydrogen) atoms. The number of carbonyl (C=O) groups is 1. The molecule has 1 aliphatic carbocycles. The molecule has 7 nitrogen and oxygen atoms in total. The zero-order valence-electron chi connectivity index (χ0n) is 14.3. The standard InChI is InChI=1S/C16H28N4O3/c1-11(2)15-18-14(23-19-15)8-9-17-16(22)20(3)10-12-6-4-5-7-13(12)21/h11-13,21H,4-10H2,1-3H3,(H,17,22). The Morgan fingerprint density at radius 2 is 2.17 bits per heavy atom. The second kappa shape index (κ2) is 8.29. The number of amides is 2. The van der Waals surface area contributed by atoms with Crippen LogP contribution in [0.25, 0.3) is 0 Å². The molecule has 0 radical (unpaired) electrons. The highest BCUT2D eigenvalue weighted by molar-refractivity contribution is 5.73. The maximum atomic E-state index is 12.1. The Kier molecular flexibility index (Phi) is 6.38. The lowest BCUT2D eigenvalue weighted by Crippen LogP contribution is -2.43. The first-order chi connectivity index (χ1) is 11.0. The summed E-state index contributed by atoms with van der Waals surface area (Å²) in [7, 11) is 1.76. The molecule has 2 rings (SSSR count). The molecule has 2 amide bonds. The third kappa shape index (κ3) is 5.20. The van der Waals surface area contributed by atoms with Gasteiger partial charge in [0.1, 0.15) is 0 Å². The number of hydrogen-bond donors (Lipinski definition) is 2. The molecule has 1 aliphatic rings. The number of hydrogen-bond acceptors (Lipinski definition) is 5. The van der Waals surface area contributed by atoms with Crippen molar-refractivity contribution < 1.29 is 14.4 Å². The van der Waals surface area contributed by atoms with Gasteiger partial charge < -0.3 is 19.8 Å². The van der Waals surface area contributed by atoms with Crippen LogP contribution in [0.5, 0.6) is 0 Å². The normalized spacial score (nSPS) is 21.4. The van der Waals surface area contributed by atoms with Crippen molar-refractivity contribution in [3.63, 3.8) is 0 Å². The van der Waals surface area contributed by atoms with E-state index in [0.717, 1.165) is 25.7 Å². The summed E-state index contributed by atoms with van der Waals surface area (Å²) >= 11 is 0. The van der Waals surface area contributed by atoms with Crippen molar-refractivity contribution in [2.45, 2.75) is 58.0 Å². The van der Waals surface area contributed by atoms with Crippen molar-refractivity contribution in [1.82, 2.24) is 20.4 Å². The van der Waals surface area contributed by atoms with E-state index in [1.807, 2.05) is 13.8 Å². The Balaban J connectivity index is 1.70. The molecule has 1 fully saturated rings. The van der Waals surface area contributed by atoms with Crippen molar-refractivity contribution in [1.29, 1.82) is 0 Å². The summed E-state index contributed by atoms with van der Waals surface area (Å²) in [6.07, 6.45) is 4.27. The van der Waals surface area contributed by atoms with E-state index in [0.29, 0.717) is 31.2 Å². The lowest BCUT2D eigenvalue weighted by Gasteiger charge is -2.31. The fraction of sp³-hybridized carbons (Fsp3) is 0.812. The molecule has 0 spiro atoms. The minimum Gasteiger partial charge on any atom is -0.393 e. The van der Waals surface area contributed by atoms with Crippen LogP contribution in [0.2, 0.25) is 0 Å². The van der Waals surface area contributed by atoms with Crippen LogP contribution in [0.1, 0.15) is 57.2 Å². The minimum atomic E-state index is -0.285. The van der Waals surface area contributed by atoms with Crippen LogP contribution in [0.4, 0.5) is 4.79 Å². The van der Waals surface area contributed by atoms with Gasteiger partial charge >= 0.3 is 6.03 Å². The van der Waals surface area contributed by atoms with Crippen molar-refractivity contribution in [3.8, 4) is 0 Å². The van der Waals surface area contributed by atoms with Gasteiger partial charge in [-0.3, -0.25) is 0 Å². The quantitative estimate of drug-likeness (QED) is 0.834. The van der Waals surface area contributed by atoms with Crippen LogP contribution in [0, 0.1) is 5.92 Å². The van der Waals surface area contributed by atoms with Crippen LogP contribution in [-0.2, 0) is 6.42 Å². The minimum absolute atomic E-state index is 0.133. The predicted octanol–water partition coefficient (Wildman–Crippen LogP) is 1.93. The van der Waals surface area contributed by atoms with Crippen molar-refractivity contribution >= 4 is 6.03 Å². The van der Waals surface area contributed by atoms with Crippen LogP contribution in [0.3, 0.4) is 0 Å². The number of aliphatic hydroxyl groups is 1. The zero-order chi connectivity index (χ0) is 16.8. The lowest BCUT2D eigenvalue weighted by atomic mass is 9.86. The highest BCUT2D eigenvalue weighted by atomic mass is 16.5. The molecule has 0 saturated heterocycles. The van der Waals surface area contributed by atoms with Gasteiger partial charge in [0.2, 0.25) is 5.89 Å². The highest BCUT2D eigenvalue weighted by Crippen LogP contribution is 2.24. The molecule has 1 aromatic rings. The summed E-state index contributed by atoms with van der Waals surface area (Å²) < 4.78 is 5.14. The van der Waals surface area contributed by atoms with Gasteiger partial charge in [0.15, 0.2) is 5.82 Å². The number of aliphatic hydroxyl groups excluding tert-OH is 1. The first kappa shape index (κ1) is 17.7. The predicted molar refractivity (Wildman–Crippen MR) is 86.1 cm³/mol. The average molecular weight is 324 g/mol. The maximum absolute atomic E-state index is 12.1. The van der Waals surface area contributed by atoms with Crippen molar-refractivity contribution in [2.24, 2.45) is 5.92 Å². The number of aromatic nitrogens is 2. The van der Waals surface area contributed by atoms with Gasteiger partial charge in [-0.1, -0.05) is 31.8 Å². The fourth-order valence-electron chi connectivity index (χ4n) is 2.85. The van der Waals surface area contributed by atoms with E-state index in [2.05, 4.69) is 15.5 Å². The third-order valence-electron chi connectivity index (χ3n) is 4.34. The molecule has 2 atom stereocenters. The number of urea groups is 1. The van der Waals surface area contributed by atoms with Gasteiger partial charge in [0.05, 0.1) is 6.10 Å². The van der Waals surface area contributed by atoms with Crippen LogP contribution >= 0.6 is 0 Å². The number of rotatable bonds is 6. The fourth-order valence-corrected chi connectivity index (χ4v) is 2.85. The topological polar surface area (TPSA) is 91.5 Å². The molecule has 0 aromatic carbocycles. The summed E-state index contributed by atoms with van der Waals surface area (Å²) in [5.41, 5.74) is 0. The molecular weight excluding hydrogens is 296 g/mol. The SMILES string of the molecule is CC(C)c1noc(CCNC(=O)N(C)CC2CCCCC2O)n1. The average Bonchev–Trinajstić information content (AvgIpc) is 2.98. The molecule has 1 saturated carbocycles. The third-order valence-corrected chi connectivity index (χ3v) is 4.34. The summed E-state index contributed by atoms with van der Waals surface area (Å²) in [6, 6.07) is -0.133. The van der Waals surface area contributed by atoms with E-state index >= 15 is 0 Å². The van der Waals surface area contributed by atoms with Crippen LogP contribution in [-0.4, -0.2) is 52.4 Å². The molecule has 0 aliphatic heterocycles. The van der Waals surface area contributed by atoms with Gasteiger partial charge in [-0.05, 0) is 12.8 Å². The van der Waals surface area contributed by atoms with Crippen molar-refractivity contribution in [3.05, 3.63) is 11.7 Å². The highest BCUT2D eigenvalue weighted by Gasteiger charge is 2.25. The molecular formula is C16H28N4O3. The largest absolute Gasteiger partial charge is 0.393 e. The van der Waals surface area contributed by atoms with Crippen LogP contribution < -0.4 is 5.32 Å². The monoisotopic (exact) mass is 324 g/mol. The van der Waals surface area contributed by atoms with E-state index in [9.17, 15) is 9.90 Å². The van der Waals surface area contributed by atoms with E-state index in [4.69, 9.17) is 4.52 Å². The second-order valence-electron chi connectivity index (χ2n) is 6.68. The smallest absolute Gasteiger partial charge is 0.317 e. The summed E-state index contributed by atoms with van der Waals surface area (Å²) in [5, 5.41) is 16.7. The van der Waals surface area contributed by atoms with Gasteiger partial charge in [0.25, 0.3) is 0 Å². The van der Waals surface area contributed by atoms with Gasteiger partial charge in [0, 0.05) is 38.4 Å². The summed E-state index contributed by atoms with van der Waals surface area (Å²) in [5.74, 6) is 1.65. The molecule has 7 heteroatoms. The van der Waals surface area contributed by atoms with Crippen molar-refractivity contribution in [2.75, 3.05) is 20.1 Å².